The molecule has 1 aromatic carbocycles. The average molecular weight is 414 g/mol. The van der Waals surface area contributed by atoms with Gasteiger partial charge in [0.15, 0.2) is 0 Å². The van der Waals surface area contributed by atoms with Gasteiger partial charge in [-0.25, -0.2) is 0 Å². The standard InChI is InChI=1S/C22H27N3O3.CH4O/c1-2-18(16-8-4-3-5-9-16)23-21(26)17-14-19(22(27)24-10-6-7-11-24)25-12-13-28-15-20(17)25;1-2/h3-5,8-9,14,18H,2,6-7,10-13,15H2,1H3,(H,23,26);2H,1H3/t18-;/m1./s1. The molecule has 4 rings (SSSR count). The van der Waals surface area contributed by atoms with Crippen molar-refractivity contribution in [2.24, 2.45) is 0 Å². The maximum Gasteiger partial charge on any atom is 0.270 e. The van der Waals surface area contributed by atoms with Crippen molar-refractivity contribution in [3.8, 4) is 0 Å². The summed E-state index contributed by atoms with van der Waals surface area (Å²) < 4.78 is 7.57. The number of aliphatic hydroxyl groups excluding tert-OH is 1. The fourth-order valence-corrected chi connectivity index (χ4v) is 4.12. The molecule has 1 saturated heterocycles. The summed E-state index contributed by atoms with van der Waals surface area (Å²) in [5.74, 6) is -0.125. The summed E-state index contributed by atoms with van der Waals surface area (Å²) in [7, 11) is 1.00. The van der Waals surface area contributed by atoms with E-state index in [9.17, 15) is 9.59 Å². The molecular formula is C23H31N3O4. The number of aromatic nitrogens is 1. The second-order valence-electron chi connectivity index (χ2n) is 7.44. The Morgan fingerprint density at radius 3 is 2.50 bits per heavy atom. The van der Waals surface area contributed by atoms with Crippen molar-refractivity contribution in [1.82, 2.24) is 14.8 Å². The van der Waals surface area contributed by atoms with Crippen LogP contribution < -0.4 is 5.32 Å². The van der Waals surface area contributed by atoms with Crippen LogP contribution in [0, 0.1) is 0 Å². The Kier molecular flexibility index (Phi) is 7.65. The van der Waals surface area contributed by atoms with Crippen LogP contribution in [-0.4, -0.2) is 53.2 Å². The summed E-state index contributed by atoms with van der Waals surface area (Å²) in [4.78, 5) is 28.0. The van der Waals surface area contributed by atoms with Gasteiger partial charge in [-0.15, -0.1) is 0 Å². The van der Waals surface area contributed by atoms with Gasteiger partial charge in [-0.2, -0.15) is 0 Å². The first-order chi connectivity index (χ1) is 14.7. The van der Waals surface area contributed by atoms with E-state index < -0.39 is 0 Å². The molecule has 3 heterocycles. The number of benzene rings is 1. The molecule has 0 unspecified atom stereocenters. The van der Waals surface area contributed by atoms with Crippen LogP contribution in [0.25, 0.3) is 0 Å². The van der Waals surface area contributed by atoms with Gasteiger partial charge < -0.3 is 24.6 Å². The van der Waals surface area contributed by atoms with E-state index in [0.29, 0.717) is 31.0 Å². The molecule has 7 heteroatoms. The molecular weight excluding hydrogens is 382 g/mol. The molecule has 0 bridgehead atoms. The summed E-state index contributed by atoms with van der Waals surface area (Å²) in [5, 5.41) is 10.1. The first-order valence-electron chi connectivity index (χ1n) is 10.6. The largest absolute Gasteiger partial charge is 0.400 e. The Morgan fingerprint density at radius 2 is 1.83 bits per heavy atom. The number of carbonyl (C=O) groups excluding carboxylic acids is 2. The lowest BCUT2D eigenvalue weighted by atomic mass is 10.0. The number of nitrogens with zero attached hydrogens (tertiary/aromatic N) is 2. The van der Waals surface area contributed by atoms with Crippen LogP contribution in [-0.2, 0) is 17.9 Å². The molecule has 1 fully saturated rings. The first-order valence-corrected chi connectivity index (χ1v) is 10.6. The number of carbonyl (C=O) groups is 2. The van der Waals surface area contributed by atoms with Gasteiger partial charge in [0.1, 0.15) is 5.69 Å². The number of hydrogen-bond acceptors (Lipinski definition) is 4. The van der Waals surface area contributed by atoms with Crippen molar-refractivity contribution < 1.29 is 19.4 Å². The molecule has 0 aliphatic carbocycles. The third kappa shape index (κ3) is 4.57. The van der Waals surface area contributed by atoms with Gasteiger partial charge in [0.2, 0.25) is 0 Å². The Balaban J connectivity index is 0.00000124. The van der Waals surface area contributed by atoms with E-state index in [-0.39, 0.29) is 17.9 Å². The van der Waals surface area contributed by atoms with Crippen LogP contribution in [0.5, 0.6) is 0 Å². The topological polar surface area (TPSA) is 83.8 Å². The zero-order valence-electron chi connectivity index (χ0n) is 17.8. The minimum atomic E-state index is -0.148. The highest BCUT2D eigenvalue weighted by atomic mass is 16.5. The van der Waals surface area contributed by atoms with Crippen molar-refractivity contribution in [3.63, 3.8) is 0 Å². The minimum absolute atomic E-state index is 0.0230. The van der Waals surface area contributed by atoms with Crippen molar-refractivity contribution in [2.75, 3.05) is 26.8 Å². The molecule has 2 amide bonds. The molecule has 7 nitrogen and oxygen atoms in total. The first kappa shape index (κ1) is 22.1. The number of ether oxygens (including phenoxy) is 1. The summed E-state index contributed by atoms with van der Waals surface area (Å²) in [5.41, 5.74) is 3.04. The third-order valence-corrected chi connectivity index (χ3v) is 5.68. The fraction of sp³-hybridized carbons (Fsp3) is 0.478. The number of hydrogen-bond donors (Lipinski definition) is 2. The van der Waals surface area contributed by atoms with Gasteiger partial charge in [0.25, 0.3) is 11.8 Å². The van der Waals surface area contributed by atoms with Crippen LogP contribution in [0.4, 0.5) is 0 Å². The monoisotopic (exact) mass is 413 g/mol. The molecule has 2 aliphatic heterocycles. The van der Waals surface area contributed by atoms with Crippen LogP contribution in [0.3, 0.4) is 0 Å². The number of likely N-dealkylation sites (tertiary alicyclic amines) is 1. The summed E-state index contributed by atoms with van der Waals surface area (Å²) in [6.45, 7) is 5.17. The molecule has 1 atom stereocenters. The van der Waals surface area contributed by atoms with E-state index in [4.69, 9.17) is 9.84 Å². The number of nitrogens with one attached hydrogen (secondary N) is 1. The normalized spacial score (nSPS) is 16.3. The highest BCUT2D eigenvalue weighted by molar-refractivity contribution is 6.01. The SMILES string of the molecule is CC[C@@H](NC(=O)c1cc(C(=O)N2CCCC2)n2c1COCC2)c1ccccc1.CO. The molecule has 1 aromatic heterocycles. The molecule has 0 radical (unpaired) electrons. The maximum absolute atomic E-state index is 13.1. The van der Waals surface area contributed by atoms with Gasteiger partial charge in [0.05, 0.1) is 30.5 Å². The summed E-state index contributed by atoms with van der Waals surface area (Å²) in [6.07, 6.45) is 2.89. The highest BCUT2D eigenvalue weighted by Gasteiger charge is 2.30. The number of rotatable bonds is 5. The van der Waals surface area contributed by atoms with E-state index >= 15 is 0 Å². The van der Waals surface area contributed by atoms with Gasteiger partial charge in [-0.3, -0.25) is 9.59 Å². The number of fused-ring (bicyclic) bond motifs is 1. The van der Waals surface area contributed by atoms with Crippen LogP contribution in [0.1, 0.15) is 64.3 Å². The highest BCUT2D eigenvalue weighted by Crippen LogP contribution is 2.25. The van der Waals surface area contributed by atoms with E-state index in [1.54, 1.807) is 6.07 Å². The molecule has 0 spiro atoms. The Hall–Kier alpha value is -2.64. The smallest absolute Gasteiger partial charge is 0.270 e. The van der Waals surface area contributed by atoms with Crippen LogP contribution in [0.2, 0.25) is 0 Å². The van der Waals surface area contributed by atoms with E-state index in [2.05, 4.69) is 12.2 Å². The minimum Gasteiger partial charge on any atom is -0.400 e. The molecule has 2 N–H and O–H groups in total. The van der Waals surface area contributed by atoms with E-state index in [0.717, 1.165) is 50.7 Å². The predicted molar refractivity (Wildman–Crippen MR) is 114 cm³/mol. The fourth-order valence-electron chi connectivity index (χ4n) is 4.12. The summed E-state index contributed by atoms with van der Waals surface area (Å²) >= 11 is 0. The summed E-state index contributed by atoms with van der Waals surface area (Å²) in [6, 6.07) is 11.7. The van der Waals surface area contributed by atoms with Crippen LogP contribution in [0.15, 0.2) is 36.4 Å². The van der Waals surface area contributed by atoms with Crippen molar-refractivity contribution in [1.29, 1.82) is 0 Å². The molecule has 0 saturated carbocycles. The van der Waals surface area contributed by atoms with Gasteiger partial charge in [-0.1, -0.05) is 37.3 Å². The third-order valence-electron chi connectivity index (χ3n) is 5.68. The van der Waals surface area contributed by atoms with Crippen molar-refractivity contribution in [3.05, 3.63) is 58.9 Å². The van der Waals surface area contributed by atoms with Crippen molar-refractivity contribution in [2.45, 2.75) is 45.4 Å². The van der Waals surface area contributed by atoms with Gasteiger partial charge in [-0.05, 0) is 30.9 Å². The average Bonchev–Trinajstić information content (AvgIpc) is 3.47. The zero-order chi connectivity index (χ0) is 21.5. The van der Waals surface area contributed by atoms with Crippen LogP contribution >= 0.6 is 0 Å². The maximum atomic E-state index is 13.1. The zero-order valence-corrected chi connectivity index (χ0v) is 17.8. The Labute approximate surface area is 177 Å². The lowest BCUT2D eigenvalue weighted by molar-refractivity contribution is 0.0714. The predicted octanol–water partition coefficient (Wildman–Crippen LogP) is 2.74. The second-order valence-corrected chi connectivity index (χ2v) is 7.44. The van der Waals surface area contributed by atoms with Gasteiger partial charge >= 0.3 is 0 Å². The second kappa shape index (κ2) is 10.4. The van der Waals surface area contributed by atoms with Crippen molar-refractivity contribution >= 4 is 11.8 Å². The van der Waals surface area contributed by atoms with Gasteiger partial charge in [0, 0.05) is 26.7 Å². The number of aliphatic hydroxyl groups is 1. The van der Waals surface area contributed by atoms with E-state index in [1.165, 1.54) is 0 Å². The number of amides is 2. The molecule has 30 heavy (non-hydrogen) atoms. The molecule has 2 aliphatic rings. The molecule has 2 aromatic rings. The Morgan fingerprint density at radius 1 is 1.13 bits per heavy atom. The Bertz CT molecular complexity index is 857. The van der Waals surface area contributed by atoms with E-state index in [1.807, 2.05) is 39.8 Å². The molecule has 162 valence electrons. The lowest BCUT2D eigenvalue weighted by Gasteiger charge is -2.22. The lowest BCUT2D eigenvalue weighted by Crippen LogP contribution is -2.31. The quantitative estimate of drug-likeness (QED) is 0.790.